The van der Waals surface area contributed by atoms with Crippen molar-refractivity contribution in [3.05, 3.63) is 35.9 Å². The van der Waals surface area contributed by atoms with Crippen LogP contribution in [0, 0.1) is 5.92 Å². The molecular formula is C19H28N4O4. The summed E-state index contributed by atoms with van der Waals surface area (Å²) in [5.74, 6) is -0.707. The maximum Gasteiger partial charge on any atom is 0.317 e. The van der Waals surface area contributed by atoms with Crippen LogP contribution in [0.5, 0.6) is 0 Å². The smallest absolute Gasteiger partial charge is 0.317 e. The molecule has 1 aromatic rings. The molecule has 2 rings (SSSR count). The van der Waals surface area contributed by atoms with E-state index in [1.54, 1.807) is 4.90 Å². The van der Waals surface area contributed by atoms with Crippen molar-refractivity contribution in [2.75, 3.05) is 19.6 Å². The number of likely N-dealkylation sites (tertiary alicyclic amines) is 1. The van der Waals surface area contributed by atoms with Crippen LogP contribution in [-0.2, 0) is 11.2 Å². The van der Waals surface area contributed by atoms with Crippen LogP contribution < -0.4 is 16.4 Å². The highest BCUT2D eigenvalue weighted by Gasteiger charge is 2.25. The van der Waals surface area contributed by atoms with Crippen LogP contribution in [-0.4, -0.2) is 53.7 Å². The minimum atomic E-state index is -0.877. The molecule has 27 heavy (non-hydrogen) atoms. The van der Waals surface area contributed by atoms with Crippen molar-refractivity contribution in [1.29, 1.82) is 0 Å². The molecule has 8 nitrogen and oxygen atoms in total. The fraction of sp³-hybridized carbons (Fsp3) is 0.526. The first kappa shape index (κ1) is 20.5. The van der Waals surface area contributed by atoms with Gasteiger partial charge in [-0.2, -0.15) is 0 Å². The molecule has 1 aliphatic heterocycles. The van der Waals surface area contributed by atoms with E-state index in [2.05, 4.69) is 10.6 Å². The van der Waals surface area contributed by atoms with E-state index in [0.717, 1.165) is 18.4 Å². The van der Waals surface area contributed by atoms with Gasteiger partial charge in [-0.15, -0.1) is 0 Å². The Labute approximate surface area is 159 Å². The molecule has 1 aliphatic rings. The molecule has 8 heteroatoms. The number of hydrogen-bond acceptors (Lipinski definition) is 3. The van der Waals surface area contributed by atoms with Gasteiger partial charge in [-0.25, -0.2) is 9.59 Å². The van der Waals surface area contributed by atoms with Crippen LogP contribution in [0.15, 0.2) is 30.3 Å². The third-order valence-corrected chi connectivity index (χ3v) is 4.73. The second-order valence-electron chi connectivity index (χ2n) is 6.97. The average Bonchev–Trinajstić information content (AvgIpc) is 2.65. The first-order valence-corrected chi connectivity index (χ1v) is 9.28. The van der Waals surface area contributed by atoms with Gasteiger partial charge in [-0.1, -0.05) is 30.3 Å². The number of hydrogen-bond donors (Lipinski definition) is 4. The van der Waals surface area contributed by atoms with Crippen LogP contribution in [0.25, 0.3) is 0 Å². The SMILES string of the molecule is NC(=O)NCC1CCCN(C(=O)NC(CCC(=O)O)Cc2ccccc2)C1. The molecule has 2 atom stereocenters. The number of urea groups is 2. The monoisotopic (exact) mass is 376 g/mol. The van der Waals surface area contributed by atoms with Crippen LogP contribution >= 0.6 is 0 Å². The van der Waals surface area contributed by atoms with Gasteiger partial charge in [0.05, 0.1) is 0 Å². The zero-order valence-electron chi connectivity index (χ0n) is 15.4. The van der Waals surface area contributed by atoms with E-state index < -0.39 is 12.0 Å². The highest BCUT2D eigenvalue weighted by Crippen LogP contribution is 2.16. The largest absolute Gasteiger partial charge is 0.481 e. The van der Waals surface area contributed by atoms with Crippen molar-refractivity contribution >= 4 is 18.0 Å². The van der Waals surface area contributed by atoms with Gasteiger partial charge in [-0.05, 0) is 37.2 Å². The Bertz CT molecular complexity index is 638. The van der Waals surface area contributed by atoms with E-state index in [-0.39, 0.29) is 24.4 Å². The lowest BCUT2D eigenvalue weighted by atomic mass is 9.98. The molecule has 0 saturated carbocycles. The molecule has 148 valence electrons. The van der Waals surface area contributed by atoms with Gasteiger partial charge >= 0.3 is 18.0 Å². The summed E-state index contributed by atoms with van der Waals surface area (Å²) < 4.78 is 0. The van der Waals surface area contributed by atoms with Crippen LogP contribution in [0.3, 0.4) is 0 Å². The molecule has 0 spiro atoms. The van der Waals surface area contributed by atoms with E-state index in [9.17, 15) is 14.4 Å². The summed E-state index contributed by atoms with van der Waals surface area (Å²) in [4.78, 5) is 36.2. The number of carboxylic acid groups (broad SMARTS) is 1. The minimum Gasteiger partial charge on any atom is -0.481 e. The zero-order chi connectivity index (χ0) is 19.6. The number of nitrogens with one attached hydrogen (secondary N) is 2. The van der Waals surface area contributed by atoms with Crippen LogP contribution in [0.4, 0.5) is 9.59 Å². The third kappa shape index (κ3) is 7.55. The normalized spacial score (nSPS) is 17.8. The third-order valence-electron chi connectivity index (χ3n) is 4.73. The first-order valence-electron chi connectivity index (χ1n) is 9.28. The average molecular weight is 376 g/mol. The van der Waals surface area contributed by atoms with Crippen molar-refractivity contribution in [3.8, 4) is 0 Å². The van der Waals surface area contributed by atoms with E-state index in [4.69, 9.17) is 10.8 Å². The molecule has 0 bridgehead atoms. The van der Waals surface area contributed by atoms with Crippen molar-refractivity contribution in [2.45, 2.75) is 38.1 Å². The predicted molar refractivity (Wildman–Crippen MR) is 101 cm³/mol. The van der Waals surface area contributed by atoms with Gasteiger partial charge in [-0.3, -0.25) is 4.79 Å². The first-order chi connectivity index (χ1) is 12.9. The van der Waals surface area contributed by atoms with Gasteiger partial charge in [0.15, 0.2) is 0 Å². The molecule has 1 saturated heterocycles. The summed E-state index contributed by atoms with van der Waals surface area (Å²) in [6.45, 7) is 1.64. The Morgan fingerprint density at radius 2 is 2.00 bits per heavy atom. The number of primary amides is 1. The number of carboxylic acids is 1. The number of benzene rings is 1. The van der Waals surface area contributed by atoms with E-state index in [0.29, 0.717) is 32.5 Å². The molecule has 5 N–H and O–H groups in total. The van der Waals surface area contributed by atoms with Gasteiger partial charge in [0.25, 0.3) is 0 Å². The second-order valence-corrected chi connectivity index (χ2v) is 6.97. The molecule has 0 aliphatic carbocycles. The Hall–Kier alpha value is -2.77. The summed E-state index contributed by atoms with van der Waals surface area (Å²) in [5, 5.41) is 14.6. The summed E-state index contributed by atoms with van der Waals surface area (Å²) in [7, 11) is 0. The Morgan fingerprint density at radius 3 is 2.67 bits per heavy atom. The number of nitrogens with zero attached hydrogens (tertiary/aromatic N) is 1. The van der Waals surface area contributed by atoms with Crippen LogP contribution in [0.1, 0.15) is 31.2 Å². The van der Waals surface area contributed by atoms with Gasteiger partial charge < -0.3 is 26.4 Å². The maximum atomic E-state index is 12.7. The Morgan fingerprint density at radius 1 is 1.26 bits per heavy atom. The van der Waals surface area contributed by atoms with Gasteiger partial charge in [0.1, 0.15) is 0 Å². The number of piperidine rings is 1. The van der Waals surface area contributed by atoms with Crippen LogP contribution in [0.2, 0.25) is 0 Å². The van der Waals surface area contributed by atoms with Crippen molar-refractivity contribution < 1.29 is 19.5 Å². The fourth-order valence-electron chi connectivity index (χ4n) is 3.35. The molecule has 1 fully saturated rings. The highest BCUT2D eigenvalue weighted by atomic mass is 16.4. The lowest BCUT2D eigenvalue weighted by molar-refractivity contribution is -0.137. The predicted octanol–water partition coefficient (Wildman–Crippen LogP) is 1.55. The number of carbonyl (C=O) groups is 3. The molecule has 0 aromatic heterocycles. The maximum absolute atomic E-state index is 12.7. The molecule has 0 radical (unpaired) electrons. The molecule has 4 amide bonds. The number of carbonyl (C=O) groups excluding carboxylic acids is 2. The number of amides is 4. The van der Waals surface area contributed by atoms with Crippen molar-refractivity contribution in [1.82, 2.24) is 15.5 Å². The molecule has 1 heterocycles. The van der Waals surface area contributed by atoms with E-state index in [1.807, 2.05) is 30.3 Å². The van der Waals surface area contributed by atoms with Gasteiger partial charge in [0.2, 0.25) is 0 Å². The number of aliphatic carboxylic acids is 1. The van der Waals surface area contributed by atoms with E-state index in [1.165, 1.54) is 0 Å². The lowest BCUT2D eigenvalue weighted by Crippen LogP contribution is -2.50. The Balaban J connectivity index is 1.92. The summed E-state index contributed by atoms with van der Waals surface area (Å²) in [5.41, 5.74) is 6.16. The molecule has 2 unspecified atom stereocenters. The fourth-order valence-corrected chi connectivity index (χ4v) is 3.35. The topological polar surface area (TPSA) is 125 Å². The van der Waals surface area contributed by atoms with Gasteiger partial charge in [0, 0.05) is 32.1 Å². The quantitative estimate of drug-likeness (QED) is 0.549. The van der Waals surface area contributed by atoms with E-state index >= 15 is 0 Å². The van der Waals surface area contributed by atoms with Crippen molar-refractivity contribution in [3.63, 3.8) is 0 Å². The second kappa shape index (κ2) is 10.4. The highest BCUT2D eigenvalue weighted by molar-refractivity contribution is 5.75. The lowest BCUT2D eigenvalue weighted by Gasteiger charge is -2.34. The summed E-state index contributed by atoms with van der Waals surface area (Å²) in [6.07, 6.45) is 2.74. The molecule has 1 aromatic carbocycles. The minimum absolute atomic E-state index is 0.00291. The zero-order valence-corrected chi connectivity index (χ0v) is 15.4. The van der Waals surface area contributed by atoms with Crippen molar-refractivity contribution in [2.24, 2.45) is 11.7 Å². The number of nitrogens with two attached hydrogens (primary N) is 1. The molecular weight excluding hydrogens is 348 g/mol. The number of rotatable bonds is 8. The standard InChI is InChI=1S/C19H28N4O4/c20-18(26)21-12-15-7-4-10-23(13-15)19(27)22-16(8-9-17(24)25)11-14-5-2-1-3-6-14/h1-3,5-6,15-16H,4,7-13H2,(H,22,27)(H,24,25)(H3,20,21,26). The Kier molecular flexibility index (Phi) is 7.91. The summed E-state index contributed by atoms with van der Waals surface area (Å²) in [6, 6.07) is 8.69. The summed E-state index contributed by atoms with van der Waals surface area (Å²) >= 11 is 0.